The highest BCUT2D eigenvalue weighted by Crippen LogP contribution is 2.20. The molecular weight excluding hydrogens is 371 g/mol. The van der Waals surface area contributed by atoms with Crippen molar-refractivity contribution in [1.29, 1.82) is 0 Å². The molecule has 162 valence electrons. The molecule has 0 aliphatic carbocycles. The minimum absolute atomic E-state index is 0.162. The molecule has 0 bridgehead atoms. The van der Waals surface area contributed by atoms with E-state index in [2.05, 4.69) is 27.7 Å². The Balaban J connectivity index is 1.35. The standard InChI is InChI=1S/C22H35FN4O2/c1-3-29-22(28)21-19(14-24-25-21)16-26(2)15-18-9-12-27(13-10-18)11-8-17-4-6-20(23)7-5-17/h4-7,18-19,21,24-25H,3,8-16H2,1-2H3. The van der Waals surface area contributed by atoms with Crippen molar-refractivity contribution >= 4 is 5.97 Å². The summed E-state index contributed by atoms with van der Waals surface area (Å²) in [6.45, 7) is 8.28. The zero-order valence-electron chi connectivity index (χ0n) is 17.7. The van der Waals surface area contributed by atoms with Gasteiger partial charge in [-0.3, -0.25) is 10.2 Å². The summed E-state index contributed by atoms with van der Waals surface area (Å²) in [4.78, 5) is 17.0. The number of ether oxygens (including phenoxy) is 1. The lowest BCUT2D eigenvalue weighted by atomic mass is 9.95. The van der Waals surface area contributed by atoms with Gasteiger partial charge in [0, 0.05) is 32.1 Å². The van der Waals surface area contributed by atoms with Gasteiger partial charge in [0.25, 0.3) is 0 Å². The highest BCUT2D eigenvalue weighted by atomic mass is 19.1. The Labute approximate surface area is 173 Å². The van der Waals surface area contributed by atoms with Crippen LogP contribution in [0.2, 0.25) is 0 Å². The molecule has 2 N–H and O–H groups in total. The van der Waals surface area contributed by atoms with Gasteiger partial charge >= 0.3 is 5.97 Å². The maximum atomic E-state index is 13.0. The van der Waals surface area contributed by atoms with Crippen molar-refractivity contribution in [3.8, 4) is 0 Å². The molecule has 0 amide bonds. The number of nitrogens with zero attached hydrogens (tertiary/aromatic N) is 2. The number of nitrogens with one attached hydrogen (secondary N) is 2. The highest BCUT2D eigenvalue weighted by Gasteiger charge is 2.34. The second kappa shape index (κ2) is 11.0. The number of carbonyl (C=O) groups is 1. The first-order valence-electron chi connectivity index (χ1n) is 10.9. The van der Waals surface area contributed by atoms with Crippen LogP contribution in [-0.2, 0) is 16.0 Å². The summed E-state index contributed by atoms with van der Waals surface area (Å²) >= 11 is 0. The third-order valence-electron chi connectivity index (χ3n) is 6.09. The second-order valence-corrected chi connectivity index (χ2v) is 8.40. The van der Waals surface area contributed by atoms with E-state index < -0.39 is 0 Å². The van der Waals surface area contributed by atoms with Gasteiger partial charge in [0.15, 0.2) is 0 Å². The molecule has 2 atom stereocenters. The Bertz CT molecular complexity index is 634. The summed E-state index contributed by atoms with van der Waals surface area (Å²) in [7, 11) is 2.15. The quantitative estimate of drug-likeness (QED) is 0.609. The fourth-order valence-electron chi connectivity index (χ4n) is 4.44. The van der Waals surface area contributed by atoms with Gasteiger partial charge in [-0.15, -0.1) is 0 Å². The third-order valence-corrected chi connectivity index (χ3v) is 6.09. The summed E-state index contributed by atoms with van der Waals surface area (Å²) in [6, 6.07) is 6.59. The molecule has 2 aliphatic heterocycles. The summed E-state index contributed by atoms with van der Waals surface area (Å²) in [5, 5.41) is 0. The van der Waals surface area contributed by atoms with Gasteiger partial charge in [-0.05, 0) is 69.9 Å². The molecule has 29 heavy (non-hydrogen) atoms. The second-order valence-electron chi connectivity index (χ2n) is 8.40. The Morgan fingerprint density at radius 3 is 2.66 bits per heavy atom. The first-order valence-corrected chi connectivity index (χ1v) is 10.9. The van der Waals surface area contributed by atoms with Crippen molar-refractivity contribution in [2.45, 2.75) is 32.2 Å². The topological polar surface area (TPSA) is 56.8 Å². The van der Waals surface area contributed by atoms with Crippen molar-refractivity contribution in [1.82, 2.24) is 20.7 Å². The third kappa shape index (κ3) is 6.74. The van der Waals surface area contributed by atoms with Crippen molar-refractivity contribution in [2.24, 2.45) is 11.8 Å². The van der Waals surface area contributed by atoms with E-state index >= 15 is 0 Å². The van der Waals surface area contributed by atoms with Gasteiger partial charge in [0.2, 0.25) is 0 Å². The normalized spacial score (nSPS) is 23.6. The van der Waals surface area contributed by atoms with Crippen LogP contribution in [0.15, 0.2) is 24.3 Å². The van der Waals surface area contributed by atoms with Gasteiger partial charge in [-0.25, -0.2) is 9.82 Å². The number of halogens is 1. The molecule has 2 aliphatic rings. The number of benzene rings is 1. The summed E-state index contributed by atoms with van der Waals surface area (Å²) in [6.07, 6.45) is 3.38. The van der Waals surface area contributed by atoms with Gasteiger partial charge in [-0.1, -0.05) is 12.1 Å². The predicted octanol–water partition coefficient (Wildman–Crippen LogP) is 1.67. The molecule has 3 rings (SSSR count). The zero-order chi connectivity index (χ0) is 20.6. The smallest absolute Gasteiger partial charge is 0.324 e. The van der Waals surface area contributed by atoms with Crippen molar-refractivity contribution in [3.05, 3.63) is 35.6 Å². The molecule has 2 saturated heterocycles. The van der Waals surface area contributed by atoms with Crippen LogP contribution in [0.3, 0.4) is 0 Å². The lowest BCUT2D eigenvalue weighted by molar-refractivity contribution is -0.146. The van der Waals surface area contributed by atoms with E-state index in [0.717, 1.165) is 45.7 Å². The number of hydrogen-bond donors (Lipinski definition) is 2. The van der Waals surface area contributed by atoms with Crippen LogP contribution in [0.5, 0.6) is 0 Å². The zero-order valence-corrected chi connectivity index (χ0v) is 17.7. The maximum Gasteiger partial charge on any atom is 0.324 e. The highest BCUT2D eigenvalue weighted by molar-refractivity contribution is 5.76. The molecule has 6 nitrogen and oxygen atoms in total. The van der Waals surface area contributed by atoms with Gasteiger partial charge in [-0.2, -0.15) is 0 Å². The molecule has 0 saturated carbocycles. The molecule has 0 aromatic heterocycles. The minimum atomic E-state index is -0.259. The van der Waals surface area contributed by atoms with Crippen LogP contribution in [0.4, 0.5) is 4.39 Å². The minimum Gasteiger partial charge on any atom is -0.465 e. The van der Waals surface area contributed by atoms with Crippen LogP contribution < -0.4 is 10.9 Å². The van der Waals surface area contributed by atoms with Crippen molar-refractivity contribution < 1.29 is 13.9 Å². The van der Waals surface area contributed by atoms with E-state index in [4.69, 9.17) is 4.74 Å². The van der Waals surface area contributed by atoms with E-state index in [-0.39, 0.29) is 23.7 Å². The van der Waals surface area contributed by atoms with Gasteiger partial charge < -0.3 is 14.5 Å². The molecule has 2 heterocycles. The molecule has 0 spiro atoms. The van der Waals surface area contributed by atoms with E-state index in [1.165, 1.54) is 18.4 Å². The molecule has 1 aromatic carbocycles. The summed E-state index contributed by atoms with van der Waals surface area (Å²) < 4.78 is 18.2. The van der Waals surface area contributed by atoms with Gasteiger partial charge in [0.05, 0.1) is 6.61 Å². The van der Waals surface area contributed by atoms with Crippen LogP contribution in [0, 0.1) is 17.7 Å². The van der Waals surface area contributed by atoms with Crippen LogP contribution >= 0.6 is 0 Å². The Morgan fingerprint density at radius 2 is 1.97 bits per heavy atom. The fraction of sp³-hybridized carbons (Fsp3) is 0.682. The number of esters is 1. The number of carbonyl (C=O) groups excluding carboxylic acids is 1. The monoisotopic (exact) mass is 406 g/mol. The Kier molecular flexibility index (Phi) is 8.41. The molecular formula is C22H35FN4O2. The van der Waals surface area contributed by atoms with E-state index in [9.17, 15) is 9.18 Å². The van der Waals surface area contributed by atoms with Crippen LogP contribution in [0.1, 0.15) is 25.3 Å². The Morgan fingerprint density at radius 1 is 1.24 bits per heavy atom. The number of piperidine rings is 1. The first-order chi connectivity index (χ1) is 14.0. The fourth-order valence-corrected chi connectivity index (χ4v) is 4.44. The van der Waals surface area contributed by atoms with Crippen LogP contribution in [0.25, 0.3) is 0 Å². The van der Waals surface area contributed by atoms with Crippen LogP contribution in [-0.4, -0.2) is 74.7 Å². The predicted molar refractivity (Wildman–Crippen MR) is 112 cm³/mol. The molecule has 1 aromatic rings. The van der Waals surface area contributed by atoms with Crippen molar-refractivity contribution in [2.75, 3.05) is 52.9 Å². The lowest BCUT2D eigenvalue weighted by Gasteiger charge is -2.34. The van der Waals surface area contributed by atoms with E-state index in [1.807, 2.05) is 19.1 Å². The number of likely N-dealkylation sites (tertiary alicyclic amines) is 1. The number of hydrogen-bond acceptors (Lipinski definition) is 6. The Hall–Kier alpha value is -1.54. The average Bonchev–Trinajstić information content (AvgIpc) is 3.17. The molecule has 0 radical (unpaired) electrons. The van der Waals surface area contributed by atoms with Gasteiger partial charge in [0.1, 0.15) is 11.9 Å². The summed E-state index contributed by atoms with van der Waals surface area (Å²) in [5.74, 6) is 0.599. The first kappa shape index (κ1) is 22.2. The SMILES string of the molecule is CCOC(=O)C1NNCC1CN(C)CC1CCN(CCc2ccc(F)cc2)CC1. The van der Waals surface area contributed by atoms with Crippen molar-refractivity contribution in [3.63, 3.8) is 0 Å². The number of hydrazine groups is 1. The molecule has 2 unspecified atom stereocenters. The van der Waals surface area contributed by atoms with E-state index in [0.29, 0.717) is 12.5 Å². The maximum absolute atomic E-state index is 13.0. The lowest BCUT2D eigenvalue weighted by Crippen LogP contribution is -2.44. The summed E-state index contributed by atoms with van der Waals surface area (Å²) in [5.41, 5.74) is 7.36. The average molecular weight is 407 g/mol. The number of rotatable bonds is 9. The van der Waals surface area contributed by atoms with E-state index in [1.54, 1.807) is 12.1 Å². The molecule has 2 fully saturated rings. The molecule has 7 heteroatoms. The largest absolute Gasteiger partial charge is 0.465 e.